The van der Waals surface area contributed by atoms with Crippen LogP contribution in [0.5, 0.6) is 0 Å². The van der Waals surface area contributed by atoms with E-state index in [0.29, 0.717) is 11.4 Å². The maximum absolute atomic E-state index is 10.9. The number of allylic oxidation sites excluding steroid dienone is 2. The highest BCUT2D eigenvalue weighted by atomic mass is 32.2. The molecule has 0 aromatic carbocycles. The topological polar surface area (TPSA) is 58.5 Å². The monoisotopic (exact) mass is 186 g/mol. The SMILES string of the molecule is C=C1NS(=O)(=O)C/C1=N/C=C\C. The van der Waals surface area contributed by atoms with Gasteiger partial charge in [-0.2, -0.15) is 0 Å². The lowest BCUT2D eigenvalue weighted by atomic mass is 10.3. The number of sulfonamides is 1. The normalized spacial score (nSPS) is 25.1. The predicted molar refractivity (Wildman–Crippen MR) is 48.3 cm³/mol. The third kappa shape index (κ3) is 1.94. The van der Waals surface area contributed by atoms with Gasteiger partial charge in [-0.1, -0.05) is 12.7 Å². The van der Waals surface area contributed by atoms with Crippen LogP contribution in [-0.4, -0.2) is 19.9 Å². The minimum atomic E-state index is -3.19. The van der Waals surface area contributed by atoms with Crippen LogP contribution in [0.4, 0.5) is 0 Å². The Morgan fingerprint density at radius 2 is 2.33 bits per heavy atom. The highest BCUT2D eigenvalue weighted by Crippen LogP contribution is 2.07. The zero-order chi connectivity index (χ0) is 9.19. The molecule has 0 radical (unpaired) electrons. The van der Waals surface area contributed by atoms with Crippen LogP contribution in [0.2, 0.25) is 0 Å². The maximum Gasteiger partial charge on any atom is 0.238 e. The third-order valence-electron chi connectivity index (χ3n) is 1.33. The Morgan fingerprint density at radius 1 is 1.67 bits per heavy atom. The lowest BCUT2D eigenvalue weighted by molar-refractivity contribution is 0.596. The van der Waals surface area contributed by atoms with Crippen molar-refractivity contribution >= 4 is 15.7 Å². The number of nitrogens with zero attached hydrogens (tertiary/aromatic N) is 1. The number of hydrogen-bond donors (Lipinski definition) is 1. The van der Waals surface area contributed by atoms with Crippen molar-refractivity contribution in [1.29, 1.82) is 0 Å². The zero-order valence-electron chi connectivity index (χ0n) is 6.74. The van der Waals surface area contributed by atoms with Gasteiger partial charge in [-0.25, -0.2) is 8.42 Å². The third-order valence-corrected chi connectivity index (χ3v) is 2.54. The first kappa shape index (κ1) is 8.99. The summed E-state index contributed by atoms with van der Waals surface area (Å²) in [7, 11) is -3.19. The summed E-state index contributed by atoms with van der Waals surface area (Å²) in [4.78, 5) is 3.91. The lowest BCUT2D eigenvalue weighted by Crippen LogP contribution is -2.13. The van der Waals surface area contributed by atoms with Crippen LogP contribution in [0.3, 0.4) is 0 Å². The summed E-state index contributed by atoms with van der Waals surface area (Å²) >= 11 is 0. The van der Waals surface area contributed by atoms with Gasteiger partial charge in [0.05, 0.1) is 11.4 Å². The molecule has 4 nitrogen and oxygen atoms in total. The van der Waals surface area contributed by atoms with Gasteiger partial charge in [0.1, 0.15) is 5.75 Å². The second-order valence-electron chi connectivity index (χ2n) is 2.40. The van der Waals surface area contributed by atoms with Crippen LogP contribution >= 0.6 is 0 Å². The van der Waals surface area contributed by atoms with Crippen LogP contribution in [-0.2, 0) is 10.0 Å². The molecule has 1 rings (SSSR count). The quantitative estimate of drug-likeness (QED) is 0.644. The van der Waals surface area contributed by atoms with Crippen molar-refractivity contribution < 1.29 is 8.42 Å². The van der Waals surface area contributed by atoms with E-state index in [1.165, 1.54) is 0 Å². The van der Waals surface area contributed by atoms with Crippen molar-refractivity contribution in [2.75, 3.05) is 5.75 Å². The zero-order valence-corrected chi connectivity index (χ0v) is 7.56. The van der Waals surface area contributed by atoms with E-state index in [0.717, 1.165) is 0 Å². The minimum absolute atomic E-state index is 0.0732. The summed E-state index contributed by atoms with van der Waals surface area (Å²) in [5.41, 5.74) is 0.848. The van der Waals surface area contributed by atoms with Gasteiger partial charge in [0, 0.05) is 6.20 Å². The van der Waals surface area contributed by atoms with E-state index in [4.69, 9.17) is 0 Å². The van der Waals surface area contributed by atoms with E-state index in [1.807, 2.05) is 6.92 Å². The number of aliphatic imine (C=N–C) groups is 1. The standard InChI is InChI=1S/C7H10N2O2S/c1-3-4-8-7-5-12(10,11)9-6(7)2/h3-4,9H,2,5H2,1H3/b4-3-,8-7-. The molecular formula is C7H10N2O2S. The second-order valence-corrected chi connectivity index (χ2v) is 4.12. The molecule has 1 N–H and O–H groups in total. The number of hydrogen-bond acceptors (Lipinski definition) is 3. The molecule has 1 aliphatic rings. The fraction of sp³-hybridized carbons (Fsp3) is 0.286. The fourth-order valence-electron chi connectivity index (χ4n) is 0.829. The van der Waals surface area contributed by atoms with Gasteiger partial charge >= 0.3 is 0 Å². The summed E-state index contributed by atoms with van der Waals surface area (Å²) in [6, 6.07) is 0. The van der Waals surface area contributed by atoms with Crippen molar-refractivity contribution in [1.82, 2.24) is 4.72 Å². The summed E-state index contributed by atoms with van der Waals surface area (Å²) in [5.74, 6) is -0.0732. The van der Waals surface area contributed by atoms with Gasteiger partial charge in [-0.05, 0) is 6.92 Å². The largest absolute Gasteiger partial charge is 0.282 e. The average Bonchev–Trinajstić information content (AvgIpc) is 2.20. The smallest absolute Gasteiger partial charge is 0.238 e. The van der Waals surface area contributed by atoms with E-state index < -0.39 is 10.0 Å². The molecule has 0 spiro atoms. The average molecular weight is 186 g/mol. The summed E-state index contributed by atoms with van der Waals surface area (Å²) in [5, 5.41) is 0. The molecule has 5 heteroatoms. The van der Waals surface area contributed by atoms with Crippen molar-refractivity contribution in [2.45, 2.75) is 6.92 Å². The molecule has 66 valence electrons. The van der Waals surface area contributed by atoms with Crippen LogP contribution in [0, 0.1) is 0 Å². The molecule has 0 aliphatic carbocycles. The van der Waals surface area contributed by atoms with Crippen LogP contribution in [0.25, 0.3) is 0 Å². The first-order valence-corrected chi connectivity index (χ1v) is 5.08. The molecule has 0 aromatic rings. The molecule has 0 amide bonds. The molecule has 0 unspecified atom stereocenters. The lowest BCUT2D eigenvalue weighted by Gasteiger charge is -1.90. The summed E-state index contributed by atoms with van der Waals surface area (Å²) in [6.07, 6.45) is 3.27. The predicted octanol–water partition coefficient (Wildman–Crippen LogP) is 0.408. The molecule has 1 heterocycles. The van der Waals surface area contributed by atoms with Gasteiger partial charge in [-0.3, -0.25) is 9.71 Å². The molecular weight excluding hydrogens is 176 g/mol. The Bertz CT molecular complexity index is 352. The second kappa shape index (κ2) is 3.10. The Labute approximate surface area is 71.7 Å². The molecule has 1 saturated heterocycles. The highest BCUT2D eigenvalue weighted by molar-refractivity contribution is 7.91. The molecule has 12 heavy (non-hydrogen) atoms. The van der Waals surface area contributed by atoms with Gasteiger partial charge < -0.3 is 0 Å². The fourth-order valence-corrected chi connectivity index (χ4v) is 2.00. The molecule has 0 bridgehead atoms. The van der Waals surface area contributed by atoms with Gasteiger partial charge in [0.15, 0.2) is 0 Å². The van der Waals surface area contributed by atoms with Crippen LogP contribution in [0.1, 0.15) is 6.92 Å². The van der Waals surface area contributed by atoms with E-state index in [-0.39, 0.29) is 5.75 Å². The van der Waals surface area contributed by atoms with Gasteiger partial charge in [0.2, 0.25) is 10.0 Å². The van der Waals surface area contributed by atoms with E-state index >= 15 is 0 Å². The Kier molecular flexibility index (Phi) is 2.32. The molecule has 0 atom stereocenters. The number of nitrogens with one attached hydrogen (secondary N) is 1. The van der Waals surface area contributed by atoms with Crippen molar-refractivity contribution in [2.24, 2.45) is 4.99 Å². The molecule has 1 aliphatic heterocycles. The molecule has 0 saturated carbocycles. The Balaban J connectivity index is 2.92. The highest BCUT2D eigenvalue weighted by Gasteiger charge is 2.25. The number of rotatable bonds is 1. The van der Waals surface area contributed by atoms with Crippen molar-refractivity contribution in [3.8, 4) is 0 Å². The minimum Gasteiger partial charge on any atom is -0.282 e. The molecule has 1 fully saturated rings. The molecule has 0 aromatic heterocycles. The van der Waals surface area contributed by atoms with Crippen molar-refractivity contribution in [3.05, 3.63) is 24.6 Å². The van der Waals surface area contributed by atoms with Crippen LogP contribution in [0.15, 0.2) is 29.5 Å². The first-order chi connectivity index (χ1) is 5.55. The van der Waals surface area contributed by atoms with E-state index in [9.17, 15) is 8.42 Å². The van der Waals surface area contributed by atoms with Gasteiger partial charge in [-0.15, -0.1) is 0 Å². The summed E-state index contributed by atoms with van der Waals surface area (Å²) < 4.78 is 24.1. The summed E-state index contributed by atoms with van der Waals surface area (Å²) in [6.45, 7) is 5.34. The van der Waals surface area contributed by atoms with Crippen LogP contribution < -0.4 is 4.72 Å². The Hall–Kier alpha value is -1.10. The van der Waals surface area contributed by atoms with E-state index in [1.54, 1.807) is 12.3 Å². The van der Waals surface area contributed by atoms with E-state index in [2.05, 4.69) is 16.3 Å². The first-order valence-electron chi connectivity index (χ1n) is 3.43. The van der Waals surface area contributed by atoms with Gasteiger partial charge in [0.25, 0.3) is 0 Å². The Morgan fingerprint density at radius 3 is 2.75 bits per heavy atom. The van der Waals surface area contributed by atoms with Crippen molar-refractivity contribution in [3.63, 3.8) is 0 Å². The maximum atomic E-state index is 10.9.